The van der Waals surface area contributed by atoms with Crippen molar-refractivity contribution in [2.45, 2.75) is 39.5 Å². The molecular formula is C11H15NO2. The molecule has 2 rings (SSSR count). The van der Waals surface area contributed by atoms with Crippen LogP contribution in [0, 0.1) is 5.41 Å². The standard InChI is InChI=1S/C11H15NO2/c1-11(2)5-3-4-8(11)7-6-9(13)12-10(7)14/h3-6H2,1-2H3,(H,12,13,14). The summed E-state index contributed by atoms with van der Waals surface area (Å²) < 4.78 is 0. The molecule has 0 spiro atoms. The smallest absolute Gasteiger partial charge is 0.254 e. The Morgan fingerprint density at radius 1 is 1.29 bits per heavy atom. The number of nitrogens with one attached hydrogen (secondary N) is 1. The van der Waals surface area contributed by atoms with Gasteiger partial charge in [0.05, 0.1) is 6.42 Å². The van der Waals surface area contributed by atoms with E-state index in [0.29, 0.717) is 0 Å². The highest BCUT2D eigenvalue weighted by atomic mass is 16.2. The highest BCUT2D eigenvalue weighted by Crippen LogP contribution is 2.44. The van der Waals surface area contributed by atoms with Gasteiger partial charge in [0.2, 0.25) is 5.91 Å². The highest BCUT2D eigenvalue weighted by Gasteiger charge is 2.36. The summed E-state index contributed by atoms with van der Waals surface area (Å²) in [7, 11) is 0. The number of imide groups is 1. The van der Waals surface area contributed by atoms with Crippen LogP contribution in [0.1, 0.15) is 39.5 Å². The Morgan fingerprint density at radius 2 is 2.00 bits per heavy atom. The molecule has 3 heteroatoms. The summed E-state index contributed by atoms with van der Waals surface area (Å²) in [5.41, 5.74) is 2.04. The number of carbonyl (C=O) groups excluding carboxylic acids is 2. The highest BCUT2D eigenvalue weighted by molar-refractivity contribution is 6.13. The van der Waals surface area contributed by atoms with Crippen molar-refractivity contribution in [3.8, 4) is 0 Å². The summed E-state index contributed by atoms with van der Waals surface area (Å²) in [4.78, 5) is 22.5. The van der Waals surface area contributed by atoms with Crippen LogP contribution in [-0.2, 0) is 9.59 Å². The van der Waals surface area contributed by atoms with Crippen LogP contribution in [-0.4, -0.2) is 11.8 Å². The summed E-state index contributed by atoms with van der Waals surface area (Å²) in [5, 5.41) is 2.35. The van der Waals surface area contributed by atoms with Gasteiger partial charge in [-0.1, -0.05) is 19.4 Å². The summed E-state index contributed by atoms with van der Waals surface area (Å²) in [6, 6.07) is 0. The minimum atomic E-state index is -0.167. The Labute approximate surface area is 83.6 Å². The van der Waals surface area contributed by atoms with E-state index >= 15 is 0 Å². The number of hydrogen-bond acceptors (Lipinski definition) is 2. The molecule has 1 heterocycles. The molecule has 2 fully saturated rings. The number of hydrogen-bond donors (Lipinski definition) is 1. The SMILES string of the molecule is CC1(C)CCCC1=C1CC(=O)NC1=O. The largest absolute Gasteiger partial charge is 0.292 e. The monoisotopic (exact) mass is 193 g/mol. The molecule has 1 aliphatic heterocycles. The van der Waals surface area contributed by atoms with E-state index in [1.165, 1.54) is 5.57 Å². The summed E-state index contributed by atoms with van der Waals surface area (Å²) >= 11 is 0. The summed E-state index contributed by atoms with van der Waals surface area (Å²) in [6.07, 6.45) is 3.52. The lowest BCUT2D eigenvalue weighted by Crippen LogP contribution is -2.20. The molecule has 1 saturated carbocycles. The average molecular weight is 193 g/mol. The average Bonchev–Trinajstić information content (AvgIpc) is 2.54. The van der Waals surface area contributed by atoms with E-state index in [2.05, 4.69) is 19.2 Å². The van der Waals surface area contributed by atoms with Crippen LogP contribution in [0.4, 0.5) is 0 Å². The minimum Gasteiger partial charge on any atom is -0.292 e. The van der Waals surface area contributed by atoms with E-state index in [9.17, 15) is 9.59 Å². The normalized spacial score (nSPS) is 31.0. The van der Waals surface area contributed by atoms with Crippen LogP contribution in [0.2, 0.25) is 0 Å². The number of carbonyl (C=O) groups is 2. The first-order chi connectivity index (χ1) is 6.50. The molecule has 14 heavy (non-hydrogen) atoms. The Balaban J connectivity index is 2.40. The maximum Gasteiger partial charge on any atom is 0.254 e. The molecule has 0 aromatic carbocycles. The quantitative estimate of drug-likeness (QED) is 0.468. The van der Waals surface area contributed by atoms with Gasteiger partial charge in [0.15, 0.2) is 0 Å². The molecule has 1 aliphatic carbocycles. The molecule has 0 aromatic rings. The molecule has 2 aliphatic rings. The molecule has 2 amide bonds. The van der Waals surface area contributed by atoms with Crippen LogP contribution in [0.25, 0.3) is 0 Å². The fourth-order valence-electron chi connectivity index (χ4n) is 2.49. The van der Waals surface area contributed by atoms with Gasteiger partial charge in [-0.05, 0) is 24.7 Å². The molecule has 0 bridgehead atoms. The fourth-order valence-corrected chi connectivity index (χ4v) is 2.49. The molecular weight excluding hydrogens is 178 g/mol. The second-order valence-corrected chi connectivity index (χ2v) is 4.75. The van der Waals surface area contributed by atoms with E-state index in [1.807, 2.05) is 0 Å². The maximum atomic E-state index is 11.5. The van der Waals surface area contributed by atoms with Crippen molar-refractivity contribution >= 4 is 11.8 Å². The number of rotatable bonds is 0. The predicted molar refractivity (Wildman–Crippen MR) is 52.4 cm³/mol. The van der Waals surface area contributed by atoms with Crippen molar-refractivity contribution in [2.24, 2.45) is 5.41 Å². The lowest BCUT2D eigenvalue weighted by Gasteiger charge is -2.20. The van der Waals surface area contributed by atoms with Gasteiger partial charge in [0.1, 0.15) is 0 Å². The molecule has 0 aromatic heterocycles. The summed E-state index contributed by atoms with van der Waals surface area (Å²) in [6.45, 7) is 4.30. The van der Waals surface area contributed by atoms with Crippen molar-refractivity contribution in [3.05, 3.63) is 11.1 Å². The lowest BCUT2D eigenvalue weighted by atomic mass is 9.83. The van der Waals surface area contributed by atoms with Gasteiger partial charge in [-0.25, -0.2) is 0 Å². The molecule has 76 valence electrons. The van der Waals surface area contributed by atoms with Gasteiger partial charge < -0.3 is 0 Å². The fraction of sp³-hybridized carbons (Fsp3) is 0.636. The molecule has 3 nitrogen and oxygen atoms in total. The molecule has 1 saturated heterocycles. The van der Waals surface area contributed by atoms with Crippen LogP contribution < -0.4 is 5.32 Å². The third-order valence-corrected chi connectivity index (χ3v) is 3.27. The molecule has 0 radical (unpaired) electrons. The van der Waals surface area contributed by atoms with E-state index in [4.69, 9.17) is 0 Å². The van der Waals surface area contributed by atoms with Crippen LogP contribution in [0.15, 0.2) is 11.1 Å². The van der Waals surface area contributed by atoms with Crippen molar-refractivity contribution in [1.82, 2.24) is 5.32 Å². The van der Waals surface area contributed by atoms with E-state index < -0.39 is 0 Å². The first-order valence-corrected chi connectivity index (χ1v) is 5.07. The zero-order valence-corrected chi connectivity index (χ0v) is 8.64. The van der Waals surface area contributed by atoms with E-state index in [-0.39, 0.29) is 23.7 Å². The topological polar surface area (TPSA) is 46.2 Å². The Hall–Kier alpha value is -1.12. The summed E-state index contributed by atoms with van der Waals surface area (Å²) in [5.74, 6) is -0.319. The lowest BCUT2D eigenvalue weighted by molar-refractivity contribution is -0.124. The van der Waals surface area contributed by atoms with Crippen molar-refractivity contribution < 1.29 is 9.59 Å². The van der Waals surface area contributed by atoms with E-state index in [0.717, 1.165) is 24.8 Å². The third-order valence-electron chi connectivity index (χ3n) is 3.27. The zero-order chi connectivity index (χ0) is 10.3. The maximum absolute atomic E-state index is 11.5. The number of allylic oxidation sites excluding steroid dienone is 1. The Morgan fingerprint density at radius 3 is 2.43 bits per heavy atom. The van der Waals surface area contributed by atoms with Gasteiger partial charge >= 0.3 is 0 Å². The van der Waals surface area contributed by atoms with Crippen LogP contribution in [0.5, 0.6) is 0 Å². The molecule has 0 atom stereocenters. The van der Waals surface area contributed by atoms with Crippen molar-refractivity contribution in [3.63, 3.8) is 0 Å². The third kappa shape index (κ3) is 1.37. The Kier molecular flexibility index (Phi) is 1.98. The van der Waals surface area contributed by atoms with Crippen molar-refractivity contribution in [2.75, 3.05) is 0 Å². The van der Waals surface area contributed by atoms with E-state index in [1.54, 1.807) is 0 Å². The van der Waals surface area contributed by atoms with Crippen LogP contribution in [0.3, 0.4) is 0 Å². The van der Waals surface area contributed by atoms with Gasteiger partial charge in [0, 0.05) is 5.57 Å². The van der Waals surface area contributed by atoms with Gasteiger partial charge in [-0.3, -0.25) is 14.9 Å². The van der Waals surface area contributed by atoms with Gasteiger partial charge in [-0.2, -0.15) is 0 Å². The first kappa shape index (κ1) is 9.44. The first-order valence-electron chi connectivity index (χ1n) is 5.07. The second kappa shape index (κ2) is 2.94. The Bertz CT molecular complexity index is 339. The predicted octanol–water partition coefficient (Wildman–Crippen LogP) is 1.54. The van der Waals surface area contributed by atoms with Crippen molar-refractivity contribution in [1.29, 1.82) is 0 Å². The number of amides is 2. The van der Waals surface area contributed by atoms with Gasteiger partial charge in [0.25, 0.3) is 5.91 Å². The van der Waals surface area contributed by atoms with Crippen LogP contribution >= 0.6 is 0 Å². The zero-order valence-electron chi connectivity index (χ0n) is 8.64. The second-order valence-electron chi connectivity index (χ2n) is 4.75. The molecule has 1 N–H and O–H groups in total. The minimum absolute atomic E-state index is 0.108. The van der Waals surface area contributed by atoms with Gasteiger partial charge in [-0.15, -0.1) is 0 Å². The molecule has 0 unspecified atom stereocenters.